The second kappa shape index (κ2) is 8.12. The van der Waals surface area contributed by atoms with E-state index in [1.54, 1.807) is 36.5 Å². The summed E-state index contributed by atoms with van der Waals surface area (Å²) in [7, 11) is 0. The maximum absolute atomic E-state index is 14.1. The van der Waals surface area contributed by atoms with Gasteiger partial charge in [0.05, 0.1) is 11.0 Å². The highest BCUT2D eigenvalue weighted by molar-refractivity contribution is 5.70. The first-order valence-electron chi connectivity index (χ1n) is 8.06. The van der Waals surface area contributed by atoms with Crippen LogP contribution in [0, 0.1) is 15.9 Å². The first-order valence-corrected chi connectivity index (χ1v) is 8.06. The van der Waals surface area contributed by atoms with E-state index in [1.807, 2.05) is 0 Å². The molecule has 28 heavy (non-hydrogen) atoms. The molecule has 3 rings (SSSR count). The van der Waals surface area contributed by atoms with Crippen molar-refractivity contribution in [3.8, 4) is 22.6 Å². The molecule has 9 heteroatoms. The van der Waals surface area contributed by atoms with Crippen LogP contribution in [0.5, 0.6) is 11.5 Å². The number of aromatic nitrogens is 1. The predicted octanol–water partition coefficient (Wildman–Crippen LogP) is 4.36. The van der Waals surface area contributed by atoms with Crippen LogP contribution in [0.25, 0.3) is 11.1 Å². The molecular weight excluding hydrogens is 369 g/mol. The van der Waals surface area contributed by atoms with E-state index in [9.17, 15) is 19.3 Å². The minimum atomic E-state index is -1.11. The zero-order valence-corrected chi connectivity index (χ0v) is 14.3. The number of halogens is 1. The molecule has 1 heterocycles. The summed E-state index contributed by atoms with van der Waals surface area (Å²) in [4.78, 5) is 24.7. The van der Waals surface area contributed by atoms with Gasteiger partial charge in [-0.25, -0.2) is 9.18 Å². The Morgan fingerprint density at radius 1 is 1.18 bits per heavy atom. The second-order valence-electron chi connectivity index (χ2n) is 5.70. The number of nitro groups is 1. The van der Waals surface area contributed by atoms with Crippen molar-refractivity contribution in [3.63, 3.8) is 0 Å². The van der Waals surface area contributed by atoms with Gasteiger partial charge in [-0.05, 0) is 23.3 Å². The lowest BCUT2D eigenvalue weighted by molar-refractivity contribution is -0.385. The Morgan fingerprint density at radius 3 is 2.57 bits per heavy atom. The van der Waals surface area contributed by atoms with E-state index in [2.05, 4.69) is 10.3 Å². The maximum atomic E-state index is 14.1. The largest absolute Gasteiger partial charge is 0.465 e. The third-order valence-electron chi connectivity index (χ3n) is 3.84. The number of carboxylic acid groups (broad SMARTS) is 1. The van der Waals surface area contributed by atoms with Gasteiger partial charge < -0.3 is 15.2 Å². The van der Waals surface area contributed by atoms with Crippen molar-refractivity contribution in [1.29, 1.82) is 0 Å². The lowest BCUT2D eigenvalue weighted by Gasteiger charge is -2.12. The average molecular weight is 383 g/mol. The molecule has 142 valence electrons. The predicted molar refractivity (Wildman–Crippen MR) is 97.7 cm³/mol. The Labute approximate surface area is 158 Å². The van der Waals surface area contributed by atoms with Crippen LogP contribution in [-0.4, -0.2) is 21.1 Å². The van der Waals surface area contributed by atoms with Gasteiger partial charge in [-0.1, -0.05) is 24.3 Å². The normalized spacial score (nSPS) is 10.3. The Kier molecular flexibility index (Phi) is 5.45. The van der Waals surface area contributed by atoms with Crippen molar-refractivity contribution >= 4 is 11.8 Å². The van der Waals surface area contributed by atoms with Crippen molar-refractivity contribution in [2.75, 3.05) is 0 Å². The Hall–Kier alpha value is -4.01. The molecule has 0 spiro atoms. The average Bonchev–Trinajstić information content (AvgIpc) is 2.68. The summed E-state index contributed by atoms with van der Waals surface area (Å²) in [6.45, 7) is 0.167. The van der Waals surface area contributed by atoms with Crippen molar-refractivity contribution in [3.05, 3.63) is 82.4 Å². The van der Waals surface area contributed by atoms with Crippen LogP contribution in [0.3, 0.4) is 0 Å². The summed E-state index contributed by atoms with van der Waals surface area (Å²) in [6, 6.07) is 11.7. The summed E-state index contributed by atoms with van der Waals surface area (Å²) in [5, 5.41) is 21.6. The van der Waals surface area contributed by atoms with Gasteiger partial charge >= 0.3 is 6.09 Å². The van der Waals surface area contributed by atoms with Crippen molar-refractivity contribution in [2.24, 2.45) is 0 Å². The molecule has 1 aromatic heterocycles. The minimum absolute atomic E-state index is 0.152. The fourth-order valence-corrected chi connectivity index (χ4v) is 2.47. The highest BCUT2D eigenvalue weighted by Crippen LogP contribution is 2.34. The van der Waals surface area contributed by atoms with Crippen LogP contribution < -0.4 is 10.1 Å². The molecule has 8 nitrogen and oxygen atoms in total. The summed E-state index contributed by atoms with van der Waals surface area (Å²) in [5.41, 5.74) is 1.70. The van der Waals surface area contributed by atoms with Gasteiger partial charge in [0, 0.05) is 30.6 Å². The lowest BCUT2D eigenvalue weighted by Crippen LogP contribution is -2.19. The van der Waals surface area contributed by atoms with Crippen LogP contribution in [-0.2, 0) is 6.54 Å². The molecule has 0 saturated carbocycles. The molecule has 0 saturated heterocycles. The number of ether oxygens (including phenoxy) is 1. The van der Waals surface area contributed by atoms with E-state index >= 15 is 0 Å². The SMILES string of the molecule is O=C(O)NCc1ccc(-c2cnccc2Oc2ccc([N+](=O)[O-])cc2F)cc1. The van der Waals surface area contributed by atoms with Crippen LogP contribution >= 0.6 is 0 Å². The highest BCUT2D eigenvalue weighted by atomic mass is 19.1. The summed E-state index contributed by atoms with van der Waals surface area (Å²) in [5.74, 6) is -0.688. The molecule has 0 bridgehead atoms. The molecule has 0 unspecified atom stereocenters. The molecule has 2 N–H and O–H groups in total. The zero-order chi connectivity index (χ0) is 20.1. The summed E-state index contributed by atoms with van der Waals surface area (Å²) < 4.78 is 19.7. The quantitative estimate of drug-likeness (QED) is 0.483. The fourth-order valence-electron chi connectivity index (χ4n) is 2.47. The van der Waals surface area contributed by atoms with Crippen molar-refractivity contribution in [2.45, 2.75) is 6.54 Å². The van der Waals surface area contributed by atoms with E-state index in [-0.39, 0.29) is 18.0 Å². The van der Waals surface area contributed by atoms with Gasteiger partial charge in [0.25, 0.3) is 5.69 Å². The van der Waals surface area contributed by atoms with Crippen LogP contribution in [0.4, 0.5) is 14.9 Å². The number of nitro benzene ring substituents is 1. The highest BCUT2D eigenvalue weighted by Gasteiger charge is 2.14. The van der Waals surface area contributed by atoms with Gasteiger partial charge in [-0.15, -0.1) is 0 Å². The first-order chi connectivity index (χ1) is 13.4. The third-order valence-corrected chi connectivity index (χ3v) is 3.84. The van der Waals surface area contributed by atoms with E-state index in [4.69, 9.17) is 9.84 Å². The maximum Gasteiger partial charge on any atom is 0.404 e. The summed E-state index contributed by atoms with van der Waals surface area (Å²) in [6.07, 6.45) is 1.91. The first kappa shape index (κ1) is 18.8. The molecule has 0 atom stereocenters. The number of pyridine rings is 1. The number of non-ortho nitro benzene ring substituents is 1. The smallest absolute Gasteiger partial charge is 0.404 e. The van der Waals surface area contributed by atoms with E-state index in [0.29, 0.717) is 11.3 Å². The van der Waals surface area contributed by atoms with Gasteiger partial charge in [-0.3, -0.25) is 15.1 Å². The molecule has 0 fully saturated rings. The minimum Gasteiger partial charge on any atom is -0.465 e. The lowest BCUT2D eigenvalue weighted by atomic mass is 10.0. The molecule has 1 amide bonds. The van der Waals surface area contributed by atoms with Gasteiger partial charge in [0.15, 0.2) is 11.6 Å². The zero-order valence-electron chi connectivity index (χ0n) is 14.3. The van der Waals surface area contributed by atoms with Crippen LogP contribution in [0.1, 0.15) is 5.56 Å². The number of amides is 1. The molecule has 0 radical (unpaired) electrons. The van der Waals surface area contributed by atoms with Crippen LogP contribution in [0.15, 0.2) is 60.9 Å². The standard InChI is InChI=1S/C19H14FN3O5/c20-16-9-14(23(26)27)5-6-18(16)28-17-7-8-21-11-15(17)13-3-1-12(2-4-13)10-22-19(24)25/h1-9,11,22H,10H2,(H,24,25). The molecular formula is C19H14FN3O5. The number of carbonyl (C=O) groups is 1. The third kappa shape index (κ3) is 4.39. The number of rotatable bonds is 6. The topological polar surface area (TPSA) is 115 Å². The van der Waals surface area contributed by atoms with E-state index in [1.165, 1.54) is 12.3 Å². The molecule has 0 aliphatic carbocycles. The van der Waals surface area contributed by atoms with Crippen LogP contribution in [0.2, 0.25) is 0 Å². The number of hydrogen-bond donors (Lipinski definition) is 2. The Morgan fingerprint density at radius 2 is 1.93 bits per heavy atom. The Balaban J connectivity index is 1.85. The number of nitrogens with zero attached hydrogens (tertiary/aromatic N) is 2. The van der Waals surface area contributed by atoms with Crippen molar-refractivity contribution in [1.82, 2.24) is 10.3 Å². The molecule has 2 aromatic carbocycles. The van der Waals surface area contributed by atoms with Gasteiger partial charge in [-0.2, -0.15) is 0 Å². The van der Waals surface area contributed by atoms with E-state index in [0.717, 1.165) is 23.3 Å². The Bertz CT molecular complexity index is 1020. The number of nitrogens with one attached hydrogen (secondary N) is 1. The molecule has 0 aliphatic heterocycles. The van der Waals surface area contributed by atoms with Gasteiger partial charge in [0.1, 0.15) is 5.75 Å². The fraction of sp³-hybridized carbons (Fsp3) is 0.0526. The number of benzene rings is 2. The van der Waals surface area contributed by atoms with Gasteiger partial charge in [0.2, 0.25) is 0 Å². The van der Waals surface area contributed by atoms with Crippen molar-refractivity contribution < 1.29 is 24.0 Å². The molecule has 3 aromatic rings. The summed E-state index contributed by atoms with van der Waals surface area (Å²) >= 11 is 0. The van der Waals surface area contributed by atoms with E-state index < -0.39 is 16.8 Å². The number of hydrogen-bond acceptors (Lipinski definition) is 5. The monoisotopic (exact) mass is 383 g/mol. The second-order valence-corrected chi connectivity index (χ2v) is 5.70. The molecule has 0 aliphatic rings.